The minimum absolute atomic E-state index is 0.111. The summed E-state index contributed by atoms with van der Waals surface area (Å²) in [6.07, 6.45) is -0.222. The van der Waals surface area contributed by atoms with Crippen molar-refractivity contribution in [1.82, 2.24) is 15.0 Å². The van der Waals surface area contributed by atoms with E-state index in [1.807, 2.05) is 77.7 Å². The molecule has 1 aliphatic heterocycles. The number of hydrogen-bond donors (Lipinski definition) is 0. The molecule has 0 radical (unpaired) electrons. The van der Waals surface area contributed by atoms with Gasteiger partial charge in [-0.05, 0) is 60.0 Å². The Morgan fingerprint density at radius 1 is 0.950 bits per heavy atom. The number of aromatic nitrogens is 3. The van der Waals surface area contributed by atoms with Crippen LogP contribution in [-0.2, 0) is 11.3 Å². The second kappa shape index (κ2) is 12.1. The van der Waals surface area contributed by atoms with Gasteiger partial charge in [-0.3, -0.25) is 0 Å². The summed E-state index contributed by atoms with van der Waals surface area (Å²) in [5, 5.41) is 8.97. The second-order valence-corrected chi connectivity index (χ2v) is 10.5. The van der Waals surface area contributed by atoms with Crippen LogP contribution in [-0.4, -0.2) is 53.7 Å². The maximum Gasteiger partial charge on any atom is 0.361 e. The van der Waals surface area contributed by atoms with E-state index >= 15 is 0 Å². The summed E-state index contributed by atoms with van der Waals surface area (Å²) in [6.45, 7) is 3.14. The molecular formula is C30H30F2N4O3S. The lowest BCUT2D eigenvalue weighted by Crippen LogP contribution is -2.39. The molecule has 0 bridgehead atoms. The molecule has 4 aromatic rings. The summed E-state index contributed by atoms with van der Waals surface area (Å²) in [5.74, 6) is -2.31. The zero-order chi connectivity index (χ0) is 28.1. The first-order chi connectivity index (χ1) is 19.3. The molecule has 0 saturated carbocycles. The second-order valence-electron chi connectivity index (χ2n) is 9.49. The first-order valence-corrected chi connectivity index (χ1v) is 13.9. The van der Waals surface area contributed by atoms with Crippen molar-refractivity contribution in [1.29, 1.82) is 0 Å². The SMILES string of the molecule is CCOC(=O)c1nnn(Cc2ccc(OC)cc2)c1Sc1ccc(-c2ccc(N3CCC(F)(F)CC3)cc2)cc1. The fourth-order valence-electron chi connectivity index (χ4n) is 4.52. The molecule has 1 saturated heterocycles. The number of carbonyl (C=O) groups is 1. The lowest BCUT2D eigenvalue weighted by molar-refractivity contribution is -0.0220. The molecule has 1 aliphatic rings. The van der Waals surface area contributed by atoms with Crippen molar-refractivity contribution >= 4 is 23.4 Å². The molecular weight excluding hydrogens is 534 g/mol. The summed E-state index contributed by atoms with van der Waals surface area (Å²) in [7, 11) is 1.62. The van der Waals surface area contributed by atoms with Gasteiger partial charge in [0.05, 0.1) is 20.3 Å². The molecule has 0 atom stereocenters. The van der Waals surface area contributed by atoms with E-state index in [4.69, 9.17) is 9.47 Å². The minimum Gasteiger partial charge on any atom is -0.497 e. The first kappa shape index (κ1) is 27.6. The highest BCUT2D eigenvalue weighted by molar-refractivity contribution is 7.99. The van der Waals surface area contributed by atoms with E-state index < -0.39 is 11.9 Å². The third kappa shape index (κ3) is 6.44. The average molecular weight is 565 g/mol. The Kier molecular flexibility index (Phi) is 8.35. The lowest BCUT2D eigenvalue weighted by Gasteiger charge is -2.33. The normalized spacial score (nSPS) is 14.7. The molecule has 40 heavy (non-hydrogen) atoms. The van der Waals surface area contributed by atoms with E-state index in [0.29, 0.717) is 24.7 Å². The van der Waals surface area contributed by atoms with E-state index in [-0.39, 0.29) is 25.1 Å². The van der Waals surface area contributed by atoms with Crippen LogP contribution < -0.4 is 9.64 Å². The van der Waals surface area contributed by atoms with Crippen LogP contribution in [0.15, 0.2) is 82.7 Å². The van der Waals surface area contributed by atoms with Crippen molar-refractivity contribution in [3.8, 4) is 16.9 Å². The molecule has 7 nitrogen and oxygen atoms in total. The number of esters is 1. The van der Waals surface area contributed by atoms with Crippen LogP contribution in [0, 0.1) is 0 Å². The Morgan fingerprint density at radius 2 is 1.57 bits per heavy atom. The number of halogens is 2. The number of ether oxygens (including phenoxy) is 2. The van der Waals surface area contributed by atoms with Gasteiger partial charge in [-0.2, -0.15) is 0 Å². The number of carbonyl (C=O) groups excluding carboxylic acids is 1. The maximum atomic E-state index is 13.5. The molecule has 1 fully saturated rings. The highest BCUT2D eigenvalue weighted by Crippen LogP contribution is 2.34. The monoisotopic (exact) mass is 564 g/mol. The Morgan fingerprint density at radius 3 is 2.17 bits per heavy atom. The predicted octanol–water partition coefficient (Wildman–Crippen LogP) is 6.57. The zero-order valence-corrected chi connectivity index (χ0v) is 23.2. The van der Waals surface area contributed by atoms with Gasteiger partial charge < -0.3 is 14.4 Å². The maximum absolute atomic E-state index is 13.5. The van der Waals surface area contributed by atoms with E-state index in [1.54, 1.807) is 18.7 Å². The lowest BCUT2D eigenvalue weighted by atomic mass is 10.0. The summed E-state index contributed by atoms with van der Waals surface area (Å²) < 4.78 is 39.2. The highest BCUT2D eigenvalue weighted by Gasteiger charge is 2.34. The summed E-state index contributed by atoms with van der Waals surface area (Å²) in [4.78, 5) is 15.5. The number of methoxy groups -OCH3 is 1. The Labute approximate surface area is 236 Å². The number of alkyl halides is 2. The van der Waals surface area contributed by atoms with Gasteiger partial charge in [0.25, 0.3) is 5.92 Å². The van der Waals surface area contributed by atoms with Crippen LogP contribution in [0.25, 0.3) is 11.1 Å². The van der Waals surface area contributed by atoms with E-state index in [1.165, 1.54) is 11.8 Å². The van der Waals surface area contributed by atoms with Gasteiger partial charge in [0, 0.05) is 36.5 Å². The third-order valence-electron chi connectivity index (χ3n) is 6.78. The molecule has 1 aromatic heterocycles. The number of hydrogen-bond acceptors (Lipinski definition) is 7. The molecule has 3 aromatic carbocycles. The highest BCUT2D eigenvalue weighted by atomic mass is 32.2. The quantitative estimate of drug-likeness (QED) is 0.213. The van der Waals surface area contributed by atoms with E-state index in [2.05, 4.69) is 10.3 Å². The van der Waals surface area contributed by atoms with Gasteiger partial charge in [0.1, 0.15) is 10.8 Å². The fraction of sp³-hybridized carbons (Fsp3) is 0.300. The largest absolute Gasteiger partial charge is 0.497 e. The third-order valence-corrected chi connectivity index (χ3v) is 7.88. The predicted molar refractivity (Wildman–Crippen MR) is 150 cm³/mol. The number of benzene rings is 3. The van der Waals surface area contributed by atoms with Gasteiger partial charge in [-0.25, -0.2) is 18.3 Å². The number of piperidine rings is 1. The van der Waals surface area contributed by atoms with E-state index in [0.717, 1.165) is 33.0 Å². The molecule has 208 valence electrons. The molecule has 0 aliphatic carbocycles. The van der Waals surface area contributed by atoms with Crippen molar-refractivity contribution in [2.45, 2.75) is 42.2 Å². The van der Waals surface area contributed by atoms with Gasteiger partial charge in [0.15, 0.2) is 0 Å². The van der Waals surface area contributed by atoms with Gasteiger partial charge >= 0.3 is 5.97 Å². The number of rotatable bonds is 9. The van der Waals surface area contributed by atoms with Crippen LogP contribution in [0.1, 0.15) is 35.8 Å². The molecule has 0 N–H and O–H groups in total. The van der Waals surface area contributed by atoms with Crippen molar-refractivity contribution < 1.29 is 23.0 Å². The van der Waals surface area contributed by atoms with Crippen LogP contribution in [0.2, 0.25) is 0 Å². The molecule has 2 heterocycles. The first-order valence-electron chi connectivity index (χ1n) is 13.1. The average Bonchev–Trinajstić information content (AvgIpc) is 3.36. The van der Waals surface area contributed by atoms with Crippen molar-refractivity contribution in [2.75, 3.05) is 31.7 Å². The topological polar surface area (TPSA) is 69.5 Å². The Bertz CT molecular complexity index is 1430. The van der Waals surface area contributed by atoms with Crippen LogP contribution >= 0.6 is 11.8 Å². The van der Waals surface area contributed by atoms with Gasteiger partial charge in [0.2, 0.25) is 5.69 Å². The Balaban J connectivity index is 1.32. The van der Waals surface area contributed by atoms with Crippen molar-refractivity contribution in [2.24, 2.45) is 0 Å². The molecule has 10 heteroatoms. The van der Waals surface area contributed by atoms with Crippen molar-refractivity contribution in [3.63, 3.8) is 0 Å². The fourth-order valence-corrected chi connectivity index (χ4v) is 5.45. The van der Waals surface area contributed by atoms with Crippen molar-refractivity contribution in [3.05, 3.63) is 84.1 Å². The van der Waals surface area contributed by atoms with Gasteiger partial charge in [-0.1, -0.05) is 53.4 Å². The molecule has 5 rings (SSSR count). The van der Waals surface area contributed by atoms with Crippen LogP contribution in [0.5, 0.6) is 5.75 Å². The Hall–Kier alpha value is -3.92. The summed E-state index contributed by atoms with van der Waals surface area (Å²) in [6, 6.07) is 23.6. The van der Waals surface area contributed by atoms with E-state index in [9.17, 15) is 13.6 Å². The molecule has 0 amide bonds. The number of nitrogens with zero attached hydrogens (tertiary/aromatic N) is 4. The van der Waals surface area contributed by atoms with Crippen LogP contribution in [0.3, 0.4) is 0 Å². The smallest absolute Gasteiger partial charge is 0.361 e. The number of anilines is 1. The van der Waals surface area contributed by atoms with Gasteiger partial charge in [-0.15, -0.1) is 5.10 Å². The summed E-state index contributed by atoms with van der Waals surface area (Å²) >= 11 is 1.40. The minimum atomic E-state index is -2.56. The molecule has 0 unspecified atom stereocenters. The standard InChI is InChI=1S/C30H30F2N4O3S/c1-3-39-29(37)27-28(36(34-33-27)20-21-4-12-25(38-2)13-5-21)40-26-14-8-23(9-15-26)22-6-10-24(11-7-22)35-18-16-30(31,32)17-19-35/h4-15H,3,16-20H2,1-2H3. The zero-order valence-electron chi connectivity index (χ0n) is 22.3. The molecule has 0 spiro atoms. The van der Waals surface area contributed by atoms with Crippen LogP contribution in [0.4, 0.5) is 14.5 Å². The summed E-state index contributed by atoms with van der Waals surface area (Å²) in [5.41, 5.74) is 4.17.